The average molecular weight is 368 g/mol. The predicted molar refractivity (Wildman–Crippen MR) is 91.2 cm³/mol. The van der Waals surface area contributed by atoms with Crippen LogP contribution < -0.4 is 4.90 Å². The van der Waals surface area contributed by atoms with Gasteiger partial charge in [-0.25, -0.2) is 4.79 Å². The number of ether oxygens (including phenoxy) is 2. The second-order valence-corrected chi connectivity index (χ2v) is 7.60. The first-order chi connectivity index (χ1) is 10.2. The minimum Gasteiger partial charge on any atom is -0.505 e. The molecule has 0 aliphatic carbocycles. The van der Waals surface area contributed by atoms with Crippen LogP contribution in [-0.4, -0.2) is 25.3 Å². The van der Waals surface area contributed by atoms with E-state index in [1.54, 1.807) is 18.3 Å². The van der Waals surface area contributed by atoms with Crippen LogP contribution in [0.5, 0.6) is 0 Å². The predicted octanol–water partition coefficient (Wildman–Crippen LogP) is 4.62. The van der Waals surface area contributed by atoms with Crippen LogP contribution in [0.25, 0.3) is 0 Å². The molecule has 0 saturated carbocycles. The molecule has 1 aliphatic heterocycles. The zero-order valence-corrected chi connectivity index (χ0v) is 15.2. The highest BCUT2D eigenvalue weighted by atomic mass is 79.9. The average Bonchev–Trinajstić information content (AvgIpc) is 2.68. The molecule has 1 amide bonds. The monoisotopic (exact) mass is 367 g/mol. The Morgan fingerprint density at radius 3 is 2.68 bits per heavy atom. The molecular formula is C17H22BrNO3. The van der Waals surface area contributed by atoms with Gasteiger partial charge in [0.2, 0.25) is 0 Å². The number of carbonyl (C=O) groups excluding carboxylic acids is 1. The van der Waals surface area contributed by atoms with E-state index in [0.717, 1.165) is 15.7 Å². The van der Waals surface area contributed by atoms with E-state index in [1.807, 2.05) is 45.0 Å². The van der Waals surface area contributed by atoms with Gasteiger partial charge in [-0.05, 0) is 44.5 Å². The summed E-state index contributed by atoms with van der Waals surface area (Å²) < 4.78 is 11.5. The fourth-order valence-corrected chi connectivity index (χ4v) is 2.90. The molecule has 2 rings (SSSR count). The smallest absolute Gasteiger partial charge is 0.414 e. The third-order valence-electron chi connectivity index (χ3n) is 3.54. The molecule has 22 heavy (non-hydrogen) atoms. The molecule has 1 aliphatic rings. The maximum Gasteiger partial charge on any atom is 0.414 e. The van der Waals surface area contributed by atoms with E-state index in [-0.39, 0.29) is 11.5 Å². The Kier molecular flexibility index (Phi) is 4.57. The normalized spacial score (nSPS) is 21.1. The first-order valence-electron chi connectivity index (χ1n) is 7.17. The molecule has 4 nitrogen and oxygen atoms in total. The van der Waals surface area contributed by atoms with E-state index < -0.39 is 5.60 Å². The summed E-state index contributed by atoms with van der Waals surface area (Å²) in [6.07, 6.45) is 3.30. The molecule has 0 radical (unpaired) electrons. The van der Waals surface area contributed by atoms with Crippen molar-refractivity contribution in [2.24, 2.45) is 0 Å². The molecule has 0 bridgehead atoms. The minimum atomic E-state index is -0.523. The van der Waals surface area contributed by atoms with E-state index in [1.165, 1.54) is 0 Å². The van der Waals surface area contributed by atoms with Crippen LogP contribution in [0, 0.1) is 0 Å². The fraction of sp³-hybridized carbons (Fsp3) is 0.471. The number of nitrogens with zero attached hydrogens (tertiary/aromatic N) is 1. The van der Waals surface area contributed by atoms with Crippen molar-refractivity contribution in [2.45, 2.75) is 38.7 Å². The molecule has 0 fully saturated rings. The molecule has 1 heterocycles. The van der Waals surface area contributed by atoms with E-state index in [4.69, 9.17) is 9.47 Å². The van der Waals surface area contributed by atoms with Gasteiger partial charge in [-0.3, -0.25) is 4.90 Å². The highest BCUT2D eigenvalue weighted by molar-refractivity contribution is 9.10. The van der Waals surface area contributed by atoms with Gasteiger partial charge in [-0.1, -0.05) is 28.9 Å². The number of benzene rings is 1. The first-order valence-corrected chi connectivity index (χ1v) is 7.97. The highest BCUT2D eigenvalue weighted by Gasteiger charge is 2.41. The van der Waals surface area contributed by atoms with Crippen molar-refractivity contribution >= 4 is 27.7 Å². The Balaban J connectivity index is 2.42. The second kappa shape index (κ2) is 5.95. The maximum absolute atomic E-state index is 12.5. The van der Waals surface area contributed by atoms with Crippen molar-refractivity contribution in [1.29, 1.82) is 0 Å². The van der Waals surface area contributed by atoms with Crippen LogP contribution in [0.4, 0.5) is 10.5 Å². The lowest BCUT2D eigenvalue weighted by Crippen LogP contribution is -2.38. The summed E-state index contributed by atoms with van der Waals surface area (Å²) in [4.78, 5) is 14.2. The third-order valence-corrected chi connectivity index (χ3v) is 4.03. The Bertz CT molecular complexity index is 606. The number of hydrogen-bond acceptors (Lipinski definition) is 3. The Morgan fingerprint density at radius 2 is 2.09 bits per heavy atom. The molecule has 1 aromatic carbocycles. The standard InChI is InChI=1S/C17H22BrNO3/c1-16(2,3)22-15(20)19-11-17(4,8-9-21-5)13-7-6-12(18)10-14(13)19/h6-10H,11H2,1-5H3/b9-8+. The van der Waals surface area contributed by atoms with Crippen LogP contribution in [0.3, 0.4) is 0 Å². The summed E-state index contributed by atoms with van der Waals surface area (Å²) in [5, 5.41) is 0. The topological polar surface area (TPSA) is 38.8 Å². The third kappa shape index (κ3) is 3.46. The molecule has 0 aromatic heterocycles. The SMILES string of the molecule is CO/C=C/C1(C)CN(C(=O)OC(C)(C)C)c2cc(Br)ccc21. The summed E-state index contributed by atoms with van der Waals surface area (Å²) in [6.45, 7) is 8.21. The van der Waals surface area contributed by atoms with Gasteiger partial charge in [0.05, 0.1) is 19.1 Å². The number of fused-ring (bicyclic) bond motifs is 1. The molecule has 0 spiro atoms. The summed E-state index contributed by atoms with van der Waals surface area (Å²) in [7, 11) is 1.61. The molecule has 1 atom stereocenters. The number of carbonyl (C=O) groups is 1. The van der Waals surface area contributed by atoms with E-state index in [2.05, 4.69) is 22.9 Å². The first kappa shape index (κ1) is 16.9. The molecule has 120 valence electrons. The largest absolute Gasteiger partial charge is 0.505 e. The van der Waals surface area contributed by atoms with Gasteiger partial charge in [0, 0.05) is 16.4 Å². The minimum absolute atomic E-state index is 0.303. The van der Waals surface area contributed by atoms with Gasteiger partial charge in [0.1, 0.15) is 5.60 Å². The van der Waals surface area contributed by atoms with Gasteiger partial charge in [-0.2, -0.15) is 0 Å². The lowest BCUT2D eigenvalue weighted by atomic mass is 9.85. The highest BCUT2D eigenvalue weighted by Crippen LogP contribution is 2.43. The molecule has 5 heteroatoms. The van der Waals surface area contributed by atoms with Crippen molar-refractivity contribution in [2.75, 3.05) is 18.6 Å². The fourth-order valence-electron chi connectivity index (χ4n) is 2.55. The van der Waals surface area contributed by atoms with Crippen LogP contribution in [0.15, 0.2) is 35.0 Å². The molecule has 0 N–H and O–H groups in total. The van der Waals surface area contributed by atoms with Gasteiger partial charge in [0.25, 0.3) is 0 Å². The number of anilines is 1. The quantitative estimate of drug-likeness (QED) is 0.715. The van der Waals surface area contributed by atoms with Crippen molar-refractivity contribution in [3.63, 3.8) is 0 Å². The number of methoxy groups -OCH3 is 1. The van der Waals surface area contributed by atoms with E-state index in [0.29, 0.717) is 6.54 Å². The molecule has 1 aromatic rings. The van der Waals surface area contributed by atoms with Crippen LogP contribution >= 0.6 is 15.9 Å². The van der Waals surface area contributed by atoms with Gasteiger partial charge in [0.15, 0.2) is 0 Å². The van der Waals surface area contributed by atoms with Crippen LogP contribution in [0.1, 0.15) is 33.3 Å². The summed E-state index contributed by atoms with van der Waals surface area (Å²) in [5.74, 6) is 0. The van der Waals surface area contributed by atoms with Crippen molar-refractivity contribution < 1.29 is 14.3 Å². The van der Waals surface area contributed by atoms with Gasteiger partial charge < -0.3 is 9.47 Å². The molecular weight excluding hydrogens is 346 g/mol. The van der Waals surface area contributed by atoms with E-state index >= 15 is 0 Å². The van der Waals surface area contributed by atoms with Crippen LogP contribution in [0.2, 0.25) is 0 Å². The zero-order chi connectivity index (χ0) is 16.5. The number of amides is 1. The van der Waals surface area contributed by atoms with Crippen molar-refractivity contribution in [3.8, 4) is 0 Å². The lowest BCUT2D eigenvalue weighted by molar-refractivity contribution is 0.0580. The lowest BCUT2D eigenvalue weighted by Gasteiger charge is -2.26. The number of hydrogen-bond donors (Lipinski definition) is 0. The molecule has 1 unspecified atom stereocenters. The van der Waals surface area contributed by atoms with Crippen molar-refractivity contribution in [3.05, 3.63) is 40.6 Å². The van der Waals surface area contributed by atoms with Gasteiger partial charge in [-0.15, -0.1) is 0 Å². The van der Waals surface area contributed by atoms with Crippen molar-refractivity contribution in [1.82, 2.24) is 0 Å². The number of halogens is 1. The second-order valence-electron chi connectivity index (χ2n) is 6.68. The Labute approximate surface area is 140 Å². The van der Waals surface area contributed by atoms with E-state index in [9.17, 15) is 4.79 Å². The summed E-state index contributed by atoms with van der Waals surface area (Å²) in [5.41, 5.74) is 1.12. The summed E-state index contributed by atoms with van der Waals surface area (Å²) >= 11 is 3.47. The van der Waals surface area contributed by atoms with Crippen LogP contribution in [-0.2, 0) is 14.9 Å². The number of rotatable bonds is 2. The summed E-state index contributed by atoms with van der Waals surface area (Å²) in [6, 6.07) is 5.96. The Hall–Kier alpha value is -1.49. The maximum atomic E-state index is 12.5. The Morgan fingerprint density at radius 1 is 1.41 bits per heavy atom. The van der Waals surface area contributed by atoms with Gasteiger partial charge >= 0.3 is 6.09 Å². The molecule has 0 saturated heterocycles. The zero-order valence-electron chi connectivity index (χ0n) is 13.6.